The summed E-state index contributed by atoms with van der Waals surface area (Å²) in [5, 5.41) is 0. The van der Waals surface area contributed by atoms with E-state index in [1.807, 2.05) is 6.07 Å². The molecule has 0 spiro atoms. The first-order valence-electron chi connectivity index (χ1n) is 7.08. The number of benzene rings is 2. The first kappa shape index (κ1) is 16.2. The second-order valence-corrected chi connectivity index (χ2v) is 7.19. The maximum absolute atomic E-state index is 13.5. The summed E-state index contributed by atoms with van der Waals surface area (Å²) in [5.41, 5.74) is 9.64. The Morgan fingerprint density at radius 3 is 2.29 bits per heavy atom. The minimum Gasteiger partial charge on any atom is -0.324 e. The molecule has 2 rings (SSSR count). The largest absolute Gasteiger partial charge is 0.324 e. The van der Waals surface area contributed by atoms with Crippen LogP contribution in [0.2, 0.25) is 0 Å². The van der Waals surface area contributed by atoms with Gasteiger partial charge in [0.15, 0.2) is 0 Å². The lowest BCUT2D eigenvalue weighted by molar-refractivity contribution is 0.589. The van der Waals surface area contributed by atoms with E-state index in [-0.39, 0.29) is 17.3 Å². The average molecular weight is 350 g/mol. The van der Waals surface area contributed by atoms with Crippen molar-refractivity contribution in [1.82, 2.24) is 0 Å². The molecular formula is C18H21BrFN. The lowest BCUT2D eigenvalue weighted by atomic mass is 9.86. The third-order valence-corrected chi connectivity index (χ3v) is 4.56. The van der Waals surface area contributed by atoms with Crippen LogP contribution in [-0.2, 0) is 11.8 Å². The molecule has 0 heterocycles. The highest BCUT2D eigenvalue weighted by atomic mass is 79.9. The van der Waals surface area contributed by atoms with E-state index in [4.69, 9.17) is 5.73 Å². The van der Waals surface area contributed by atoms with E-state index in [1.165, 1.54) is 11.6 Å². The van der Waals surface area contributed by atoms with Crippen LogP contribution in [0.3, 0.4) is 0 Å². The molecular weight excluding hydrogens is 329 g/mol. The van der Waals surface area contributed by atoms with Gasteiger partial charge in [0.05, 0.1) is 4.47 Å². The molecule has 1 nitrogen and oxygen atoms in total. The molecule has 2 N–H and O–H groups in total. The fourth-order valence-electron chi connectivity index (χ4n) is 2.29. The number of halogens is 2. The number of hydrogen-bond acceptors (Lipinski definition) is 1. The van der Waals surface area contributed by atoms with E-state index in [9.17, 15) is 4.39 Å². The second-order valence-electron chi connectivity index (χ2n) is 6.40. The summed E-state index contributed by atoms with van der Waals surface area (Å²) >= 11 is 3.29. The van der Waals surface area contributed by atoms with Gasteiger partial charge in [-0.1, -0.05) is 57.2 Å². The predicted octanol–water partition coefficient (Wildman–Crippen LogP) is 5.13. The van der Waals surface area contributed by atoms with Gasteiger partial charge in [0.2, 0.25) is 0 Å². The molecule has 0 saturated carbocycles. The minimum absolute atomic E-state index is 0.133. The summed E-state index contributed by atoms with van der Waals surface area (Å²) in [5.74, 6) is -0.247. The van der Waals surface area contributed by atoms with Crippen molar-refractivity contribution >= 4 is 15.9 Å². The van der Waals surface area contributed by atoms with E-state index in [2.05, 4.69) is 61.0 Å². The van der Waals surface area contributed by atoms with Crippen molar-refractivity contribution in [2.75, 3.05) is 0 Å². The Kier molecular flexibility index (Phi) is 4.84. The lowest BCUT2D eigenvalue weighted by Crippen LogP contribution is -2.15. The molecule has 0 amide bonds. The van der Waals surface area contributed by atoms with Crippen LogP contribution in [0.4, 0.5) is 4.39 Å². The SMILES string of the molecule is CC(C)(C)c1ccc(C(N)Cc2cccc(F)c2Br)cc1. The van der Waals surface area contributed by atoms with Crippen LogP contribution < -0.4 is 5.73 Å². The van der Waals surface area contributed by atoms with Crippen molar-refractivity contribution in [2.45, 2.75) is 38.6 Å². The van der Waals surface area contributed by atoms with Gasteiger partial charge in [-0.2, -0.15) is 0 Å². The van der Waals surface area contributed by atoms with Gasteiger partial charge in [0.25, 0.3) is 0 Å². The molecule has 21 heavy (non-hydrogen) atoms. The van der Waals surface area contributed by atoms with E-state index in [0.29, 0.717) is 10.9 Å². The molecule has 0 radical (unpaired) electrons. The number of hydrogen-bond donors (Lipinski definition) is 1. The summed E-state index contributed by atoms with van der Waals surface area (Å²) < 4.78 is 14.0. The first-order chi connectivity index (χ1) is 9.79. The summed E-state index contributed by atoms with van der Waals surface area (Å²) in [4.78, 5) is 0. The maximum Gasteiger partial charge on any atom is 0.137 e. The van der Waals surface area contributed by atoms with E-state index in [1.54, 1.807) is 6.07 Å². The minimum atomic E-state index is -0.247. The molecule has 1 unspecified atom stereocenters. The zero-order valence-corrected chi connectivity index (χ0v) is 14.2. The van der Waals surface area contributed by atoms with E-state index in [0.717, 1.165) is 11.1 Å². The normalized spacial score (nSPS) is 13.2. The Morgan fingerprint density at radius 2 is 1.71 bits per heavy atom. The van der Waals surface area contributed by atoms with E-state index < -0.39 is 0 Å². The Labute approximate surface area is 134 Å². The van der Waals surface area contributed by atoms with Crippen molar-refractivity contribution in [1.29, 1.82) is 0 Å². The molecule has 112 valence electrons. The van der Waals surface area contributed by atoms with Crippen molar-refractivity contribution in [3.63, 3.8) is 0 Å². The quantitative estimate of drug-likeness (QED) is 0.816. The third kappa shape index (κ3) is 3.92. The molecule has 1 atom stereocenters. The molecule has 0 aliphatic carbocycles. The third-order valence-electron chi connectivity index (χ3n) is 3.68. The van der Waals surface area contributed by atoms with Gasteiger partial charge in [0.1, 0.15) is 5.82 Å². The molecule has 3 heteroatoms. The summed E-state index contributed by atoms with van der Waals surface area (Å²) in [6.07, 6.45) is 0.604. The summed E-state index contributed by atoms with van der Waals surface area (Å²) in [6.45, 7) is 6.56. The van der Waals surface area contributed by atoms with Gasteiger partial charge >= 0.3 is 0 Å². The van der Waals surface area contributed by atoms with Gasteiger partial charge in [-0.05, 0) is 50.5 Å². The highest BCUT2D eigenvalue weighted by molar-refractivity contribution is 9.10. The Hall–Kier alpha value is -1.19. The van der Waals surface area contributed by atoms with Gasteiger partial charge in [-0.3, -0.25) is 0 Å². The highest BCUT2D eigenvalue weighted by Gasteiger charge is 2.15. The van der Waals surface area contributed by atoms with Crippen LogP contribution in [0.5, 0.6) is 0 Å². The standard InChI is InChI=1S/C18H21BrFN/c1-18(2,3)14-9-7-12(8-10-14)16(21)11-13-5-4-6-15(20)17(13)19/h4-10,16H,11,21H2,1-3H3. The average Bonchev–Trinajstić information content (AvgIpc) is 2.43. The monoisotopic (exact) mass is 349 g/mol. The Balaban J connectivity index is 2.17. The smallest absolute Gasteiger partial charge is 0.137 e. The topological polar surface area (TPSA) is 26.0 Å². The van der Waals surface area contributed by atoms with Crippen LogP contribution in [0.25, 0.3) is 0 Å². The van der Waals surface area contributed by atoms with Crippen LogP contribution in [-0.4, -0.2) is 0 Å². The van der Waals surface area contributed by atoms with Gasteiger partial charge in [0, 0.05) is 6.04 Å². The summed E-state index contributed by atoms with van der Waals surface area (Å²) in [7, 11) is 0. The highest BCUT2D eigenvalue weighted by Crippen LogP contribution is 2.27. The number of rotatable bonds is 3. The summed E-state index contributed by atoms with van der Waals surface area (Å²) in [6, 6.07) is 13.3. The van der Waals surface area contributed by atoms with Crippen LogP contribution in [0, 0.1) is 5.82 Å². The van der Waals surface area contributed by atoms with Gasteiger partial charge in [-0.15, -0.1) is 0 Å². The van der Waals surface area contributed by atoms with Crippen molar-refractivity contribution in [3.05, 3.63) is 69.4 Å². The molecule has 0 aliphatic heterocycles. The Bertz CT molecular complexity index is 614. The molecule has 0 fully saturated rings. The maximum atomic E-state index is 13.5. The van der Waals surface area contributed by atoms with Crippen molar-refractivity contribution in [2.24, 2.45) is 5.73 Å². The molecule has 2 aromatic carbocycles. The fourth-order valence-corrected chi connectivity index (χ4v) is 2.72. The van der Waals surface area contributed by atoms with Crippen LogP contribution >= 0.6 is 15.9 Å². The van der Waals surface area contributed by atoms with Crippen molar-refractivity contribution < 1.29 is 4.39 Å². The molecule has 0 aromatic heterocycles. The number of nitrogens with two attached hydrogens (primary N) is 1. The molecule has 0 bridgehead atoms. The zero-order chi connectivity index (χ0) is 15.6. The van der Waals surface area contributed by atoms with Crippen molar-refractivity contribution in [3.8, 4) is 0 Å². The molecule has 0 saturated heterocycles. The second kappa shape index (κ2) is 6.29. The lowest BCUT2D eigenvalue weighted by Gasteiger charge is -2.20. The molecule has 0 aliphatic rings. The first-order valence-corrected chi connectivity index (χ1v) is 7.87. The predicted molar refractivity (Wildman–Crippen MR) is 89.9 cm³/mol. The van der Waals surface area contributed by atoms with E-state index >= 15 is 0 Å². The van der Waals surface area contributed by atoms with Gasteiger partial charge < -0.3 is 5.73 Å². The Morgan fingerprint density at radius 1 is 1.10 bits per heavy atom. The van der Waals surface area contributed by atoms with Gasteiger partial charge in [-0.25, -0.2) is 4.39 Å². The zero-order valence-electron chi connectivity index (χ0n) is 12.7. The molecule has 2 aromatic rings. The fraction of sp³-hybridized carbons (Fsp3) is 0.333. The van der Waals surface area contributed by atoms with Crippen LogP contribution in [0.1, 0.15) is 43.5 Å². The van der Waals surface area contributed by atoms with Crippen LogP contribution in [0.15, 0.2) is 46.9 Å².